The fourth-order valence-electron chi connectivity index (χ4n) is 3.23. The SMILES string of the molecule is CN(CCCOc1ccccc1)CC(=O)c1c[nH]c(C(=O)N2CCCC2)c1. The molecule has 1 aliphatic heterocycles. The van der Waals surface area contributed by atoms with E-state index in [0.717, 1.165) is 44.6 Å². The molecule has 144 valence electrons. The summed E-state index contributed by atoms with van der Waals surface area (Å²) in [5.74, 6) is 0.856. The highest BCUT2D eigenvalue weighted by atomic mass is 16.5. The lowest BCUT2D eigenvalue weighted by Gasteiger charge is -2.15. The van der Waals surface area contributed by atoms with E-state index in [0.29, 0.717) is 24.4 Å². The molecule has 1 fully saturated rings. The van der Waals surface area contributed by atoms with Crippen LogP contribution in [0.1, 0.15) is 40.1 Å². The van der Waals surface area contributed by atoms with Crippen molar-refractivity contribution in [3.63, 3.8) is 0 Å². The molecule has 1 aromatic carbocycles. The van der Waals surface area contributed by atoms with Gasteiger partial charge >= 0.3 is 0 Å². The van der Waals surface area contributed by atoms with Gasteiger partial charge in [0.1, 0.15) is 11.4 Å². The highest BCUT2D eigenvalue weighted by Crippen LogP contribution is 2.14. The fraction of sp³-hybridized carbons (Fsp3) is 0.429. The molecule has 1 aromatic heterocycles. The van der Waals surface area contributed by atoms with E-state index in [1.54, 1.807) is 12.3 Å². The number of likely N-dealkylation sites (tertiary alicyclic amines) is 1. The molecule has 0 bridgehead atoms. The summed E-state index contributed by atoms with van der Waals surface area (Å²) in [6.07, 6.45) is 4.58. The number of amides is 1. The zero-order chi connectivity index (χ0) is 19.1. The van der Waals surface area contributed by atoms with E-state index >= 15 is 0 Å². The molecule has 1 N–H and O–H groups in total. The average molecular weight is 369 g/mol. The zero-order valence-corrected chi connectivity index (χ0v) is 15.8. The number of nitrogens with one attached hydrogen (secondary N) is 1. The predicted octanol–water partition coefficient (Wildman–Crippen LogP) is 2.83. The molecule has 0 saturated carbocycles. The number of ketones is 1. The summed E-state index contributed by atoms with van der Waals surface area (Å²) in [6.45, 7) is 3.30. The van der Waals surface area contributed by atoms with Crippen LogP contribution in [0.2, 0.25) is 0 Å². The first-order chi connectivity index (χ1) is 13.1. The Balaban J connectivity index is 1.41. The highest BCUT2D eigenvalue weighted by Gasteiger charge is 2.21. The lowest BCUT2D eigenvalue weighted by atomic mass is 10.2. The zero-order valence-electron chi connectivity index (χ0n) is 15.8. The number of likely N-dealkylation sites (N-methyl/N-ethyl adjacent to an activating group) is 1. The lowest BCUT2D eigenvalue weighted by Crippen LogP contribution is -2.28. The summed E-state index contributed by atoms with van der Waals surface area (Å²) >= 11 is 0. The molecule has 0 aliphatic carbocycles. The maximum absolute atomic E-state index is 12.4. The summed E-state index contributed by atoms with van der Waals surface area (Å²) in [5.41, 5.74) is 1.06. The normalized spacial score (nSPS) is 13.9. The Morgan fingerprint density at radius 1 is 1.19 bits per heavy atom. The van der Waals surface area contributed by atoms with Crippen molar-refractivity contribution in [1.82, 2.24) is 14.8 Å². The smallest absolute Gasteiger partial charge is 0.270 e. The molecule has 0 radical (unpaired) electrons. The molecule has 0 unspecified atom stereocenters. The van der Waals surface area contributed by atoms with Crippen LogP contribution < -0.4 is 4.74 Å². The van der Waals surface area contributed by atoms with Gasteiger partial charge in [-0.25, -0.2) is 0 Å². The van der Waals surface area contributed by atoms with Crippen LogP contribution in [0.5, 0.6) is 5.75 Å². The Morgan fingerprint density at radius 2 is 1.93 bits per heavy atom. The van der Waals surface area contributed by atoms with E-state index in [1.807, 2.05) is 47.2 Å². The summed E-state index contributed by atoms with van der Waals surface area (Å²) < 4.78 is 5.67. The first-order valence-corrected chi connectivity index (χ1v) is 9.51. The van der Waals surface area contributed by atoms with E-state index in [-0.39, 0.29) is 11.7 Å². The fourth-order valence-corrected chi connectivity index (χ4v) is 3.23. The maximum atomic E-state index is 12.4. The Morgan fingerprint density at radius 3 is 2.67 bits per heavy atom. The van der Waals surface area contributed by atoms with Crippen LogP contribution in [0.4, 0.5) is 0 Å². The molecular weight excluding hydrogens is 342 g/mol. The van der Waals surface area contributed by atoms with Gasteiger partial charge in [-0.15, -0.1) is 0 Å². The topological polar surface area (TPSA) is 65.6 Å². The third kappa shape index (κ3) is 5.44. The number of hydrogen-bond donors (Lipinski definition) is 1. The molecule has 27 heavy (non-hydrogen) atoms. The molecule has 6 nitrogen and oxygen atoms in total. The number of nitrogens with zero attached hydrogens (tertiary/aromatic N) is 2. The van der Waals surface area contributed by atoms with Crippen LogP contribution in [0.25, 0.3) is 0 Å². The third-order valence-electron chi connectivity index (χ3n) is 4.74. The minimum atomic E-state index is -0.0158. The molecule has 1 aliphatic rings. The molecular formula is C21H27N3O3. The molecule has 1 saturated heterocycles. The van der Waals surface area contributed by atoms with Gasteiger partial charge in [-0.2, -0.15) is 0 Å². The molecule has 0 spiro atoms. The Hall–Kier alpha value is -2.60. The minimum Gasteiger partial charge on any atom is -0.494 e. The Kier molecular flexibility index (Phi) is 6.65. The van der Waals surface area contributed by atoms with E-state index in [9.17, 15) is 9.59 Å². The number of Topliss-reactive ketones (excluding diaryl/α,β-unsaturated/α-hetero) is 1. The number of benzene rings is 1. The highest BCUT2D eigenvalue weighted by molar-refractivity contribution is 6.01. The molecule has 0 atom stereocenters. The van der Waals surface area contributed by atoms with Crippen LogP contribution in [0.15, 0.2) is 42.6 Å². The predicted molar refractivity (Wildman–Crippen MR) is 104 cm³/mol. The van der Waals surface area contributed by atoms with Gasteiger partial charge in [0.15, 0.2) is 5.78 Å². The summed E-state index contributed by atoms with van der Waals surface area (Å²) in [5, 5.41) is 0. The van der Waals surface area contributed by atoms with Gasteiger partial charge in [0, 0.05) is 31.4 Å². The van der Waals surface area contributed by atoms with Crippen LogP contribution in [-0.2, 0) is 0 Å². The van der Waals surface area contributed by atoms with Crippen LogP contribution >= 0.6 is 0 Å². The number of carbonyl (C=O) groups is 2. The first kappa shape index (κ1) is 19.2. The summed E-state index contributed by atoms with van der Waals surface area (Å²) in [6, 6.07) is 11.4. The first-order valence-electron chi connectivity index (χ1n) is 9.51. The number of carbonyl (C=O) groups excluding carboxylic acids is 2. The molecule has 3 rings (SSSR count). The van der Waals surface area contributed by atoms with Gasteiger partial charge in [-0.05, 0) is 44.5 Å². The van der Waals surface area contributed by atoms with Gasteiger partial charge in [0.2, 0.25) is 0 Å². The molecule has 2 heterocycles. The number of ether oxygens (including phenoxy) is 1. The standard InChI is InChI=1S/C21H27N3O3/c1-23(10-7-13-27-18-8-3-2-4-9-18)16-20(25)17-14-19(22-15-17)21(26)24-11-5-6-12-24/h2-4,8-9,14-15,22H,5-7,10-13,16H2,1H3. The molecule has 2 aromatic rings. The van der Waals surface area contributed by atoms with Crippen molar-refractivity contribution in [2.24, 2.45) is 0 Å². The molecule has 1 amide bonds. The Labute approximate surface area is 160 Å². The van der Waals surface area contributed by atoms with Gasteiger partial charge in [0.05, 0.1) is 13.2 Å². The molecule has 6 heteroatoms. The van der Waals surface area contributed by atoms with E-state index in [2.05, 4.69) is 4.98 Å². The Bertz CT molecular complexity index is 751. The second-order valence-corrected chi connectivity index (χ2v) is 6.98. The summed E-state index contributed by atoms with van der Waals surface area (Å²) in [7, 11) is 1.92. The quantitative estimate of drug-likeness (QED) is 0.545. The van der Waals surface area contributed by atoms with Gasteiger partial charge < -0.3 is 14.6 Å². The monoisotopic (exact) mass is 369 g/mol. The van der Waals surface area contributed by atoms with E-state index in [4.69, 9.17) is 4.74 Å². The largest absolute Gasteiger partial charge is 0.494 e. The van der Waals surface area contributed by atoms with Crippen molar-refractivity contribution in [2.45, 2.75) is 19.3 Å². The minimum absolute atomic E-state index is 0.0122. The maximum Gasteiger partial charge on any atom is 0.270 e. The second-order valence-electron chi connectivity index (χ2n) is 6.98. The lowest BCUT2D eigenvalue weighted by molar-refractivity contribution is 0.0787. The van der Waals surface area contributed by atoms with Crippen molar-refractivity contribution in [3.05, 3.63) is 53.9 Å². The van der Waals surface area contributed by atoms with Crippen molar-refractivity contribution >= 4 is 11.7 Å². The second kappa shape index (κ2) is 9.37. The number of aromatic amines is 1. The van der Waals surface area contributed by atoms with Crippen molar-refractivity contribution < 1.29 is 14.3 Å². The van der Waals surface area contributed by atoms with Crippen LogP contribution in [0.3, 0.4) is 0 Å². The number of para-hydroxylation sites is 1. The summed E-state index contributed by atoms with van der Waals surface area (Å²) in [4.78, 5) is 31.6. The number of hydrogen-bond acceptors (Lipinski definition) is 4. The van der Waals surface area contributed by atoms with Crippen LogP contribution in [-0.4, -0.2) is 66.3 Å². The van der Waals surface area contributed by atoms with Gasteiger partial charge in [-0.1, -0.05) is 18.2 Å². The van der Waals surface area contributed by atoms with E-state index < -0.39 is 0 Å². The van der Waals surface area contributed by atoms with Crippen LogP contribution in [0, 0.1) is 0 Å². The van der Waals surface area contributed by atoms with Gasteiger partial charge in [0.25, 0.3) is 5.91 Å². The number of aromatic nitrogens is 1. The van der Waals surface area contributed by atoms with Crippen molar-refractivity contribution in [2.75, 3.05) is 39.8 Å². The van der Waals surface area contributed by atoms with Crippen molar-refractivity contribution in [3.8, 4) is 5.75 Å². The number of H-pyrrole nitrogens is 1. The van der Waals surface area contributed by atoms with Crippen molar-refractivity contribution in [1.29, 1.82) is 0 Å². The van der Waals surface area contributed by atoms with Gasteiger partial charge in [-0.3, -0.25) is 14.5 Å². The van der Waals surface area contributed by atoms with E-state index in [1.165, 1.54) is 0 Å². The average Bonchev–Trinajstić information content (AvgIpc) is 3.37. The third-order valence-corrected chi connectivity index (χ3v) is 4.74. The number of rotatable bonds is 9.